The molecule has 4 N–H and O–H groups in total. The maximum atomic E-state index is 13.7. The number of carbonyl (C=O) groups is 3. The molecule has 11 nitrogen and oxygen atoms in total. The lowest BCUT2D eigenvalue weighted by atomic mass is 9.48. The van der Waals surface area contributed by atoms with Crippen LogP contribution in [0.15, 0.2) is 30.7 Å². The molecule has 38 heavy (non-hydrogen) atoms. The molecule has 4 fully saturated rings. The van der Waals surface area contributed by atoms with Gasteiger partial charge in [0.05, 0.1) is 18.2 Å². The van der Waals surface area contributed by atoms with Gasteiger partial charge in [0.15, 0.2) is 5.82 Å². The van der Waals surface area contributed by atoms with Crippen LogP contribution in [0.3, 0.4) is 0 Å². The Morgan fingerprint density at radius 3 is 2.58 bits per heavy atom. The van der Waals surface area contributed by atoms with Gasteiger partial charge in [0.2, 0.25) is 5.91 Å². The van der Waals surface area contributed by atoms with Gasteiger partial charge < -0.3 is 21.1 Å². The van der Waals surface area contributed by atoms with E-state index in [0.29, 0.717) is 42.3 Å². The molecule has 6 rings (SSSR count). The van der Waals surface area contributed by atoms with E-state index in [9.17, 15) is 14.4 Å². The number of rotatable bonds is 9. The van der Waals surface area contributed by atoms with Crippen LogP contribution in [-0.2, 0) is 9.53 Å². The molecule has 4 bridgehead atoms. The maximum Gasteiger partial charge on any atom is 0.404 e. The molecule has 0 spiro atoms. The van der Waals surface area contributed by atoms with Crippen LogP contribution in [-0.4, -0.2) is 56.7 Å². The van der Waals surface area contributed by atoms with Gasteiger partial charge in [0, 0.05) is 36.6 Å². The Kier molecular flexibility index (Phi) is 6.79. The summed E-state index contributed by atoms with van der Waals surface area (Å²) in [6.07, 6.45) is 12.7. The number of carbonyl (C=O) groups excluding carboxylic acids is 3. The lowest BCUT2D eigenvalue weighted by Crippen LogP contribution is -2.60. The molecule has 0 aliphatic heterocycles. The molecular formula is C27H37N7O4. The number of aromatic nitrogens is 4. The summed E-state index contributed by atoms with van der Waals surface area (Å²) in [5.74, 6) is 1.48. The zero-order valence-electron chi connectivity index (χ0n) is 22.2. The molecule has 0 radical (unpaired) electrons. The van der Waals surface area contributed by atoms with Gasteiger partial charge >= 0.3 is 6.09 Å². The molecule has 2 heterocycles. The summed E-state index contributed by atoms with van der Waals surface area (Å²) in [4.78, 5) is 37.4. The largest absolute Gasteiger partial charge is 0.449 e. The highest BCUT2D eigenvalue weighted by Gasteiger charge is 2.56. The molecule has 2 aromatic rings. The number of ether oxygens (including phenoxy) is 1. The Morgan fingerprint density at radius 1 is 1.21 bits per heavy atom. The Morgan fingerprint density at radius 2 is 1.95 bits per heavy atom. The summed E-state index contributed by atoms with van der Waals surface area (Å²) >= 11 is 0. The first-order valence-electron chi connectivity index (χ1n) is 13.4. The molecule has 0 aromatic carbocycles. The third-order valence-corrected chi connectivity index (χ3v) is 8.51. The van der Waals surface area contributed by atoms with Crippen LogP contribution in [0.4, 0.5) is 4.79 Å². The van der Waals surface area contributed by atoms with Crippen molar-refractivity contribution in [2.24, 2.45) is 34.3 Å². The van der Waals surface area contributed by atoms with E-state index in [4.69, 9.17) is 10.5 Å². The minimum absolute atomic E-state index is 0.0282. The van der Waals surface area contributed by atoms with Gasteiger partial charge in [-0.2, -0.15) is 10.2 Å². The second-order valence-corrected chi connectivity index (χ2v) is 11.8. The number of hydrogen-bond donors (Lipinski definition) is 3. The molecule has 4 aliphatic carbocycles. The van der Waals surface area contributed by atoms with Crippen LogP contribution in [0.2, 0.25) is 0 Å². The minimum Gasteiger partial charge on any atom is -0.449 e. The zero-order valence-corrected chi connectivity index (χ0v) is 22.2. The lowest BCUT2D eigenvalue weighted by molar-refractivity contribution is -0.127. The van der Waals surface area contributed by atoms with Gasteiger partial charge in [-0.25, -0.2) is 14.2 Å². The number of amides is 3. The number of hydrogen-bond acceptors (Lipinski definition) is 6. The smallest absolute Gasteiger partial charge is 0.404 e. The SMILES string of the molecule is CCNC(=O)C(C)(C)C=Cn1ncc(C(=O)NC2C3CC4CC2CC(COC(N)=O)(C4)C3)c1-n1cccn1. The molecule has 2 atom stereocenters. The van der Waals surface area contributed by atoms with Crippen molar-refractivity contribution in [2.75, 3.05) is 13.2 Å². The summed E-state index contributed by atoms with van der Waals surface area (Å²) in [6, 6.07) is 1.84. The first kappa shape index (κ1) is 26.0. The fourth-order valence-electron chi connectivity index (χ4n) is 7.03. The second kappa shape index (κ2) is 9.92. The zero-order chi connectivity index (χ0) is 27.1. The van der Waals surface area contributed by atoms with Crippen molar-refractivity contribution >= 4 is 24.1 Å². The van der Waals surface area contributed by atoms with E-state index in [2.05, 4.69) is 20.8 Å². The molecule has 0 saturated heterocycles. The van der Waals surface area contributed by atoms with Crippen LogP contribution in [0.5, 0.6) is 0 Å². The molecule has 3 amide bonds. The summed E-state index contributed by atoms with van der Waals surface area (Å²) in [6.45, 7) is 6.44. The van der Waals surface area contributed by atoms with E-state index in [1.165, 1.54) is 0 Å². The van der Waals surface area contributed by atoms with Crippen molar-refractivity contribution < 1.29 is 19.1 Å². The summed E-state index contributed by atoms with van der Waals surface area (Å²) in [7, 11) is 0. The van der Waals surface area contributed by atoms with Gasteiger partial charge in [-0.1, -0.05) is 6.08 Å². The third kappa shape index (κ3) is 4.93. The van der Waals surface area contributed by atoms with Gasteiger partial charge in [0.1, 0.15) is 5.56 Å². The Hall–Kier alpha value is -3.63. The van der Waals surface area contributed by atoms with E-state index >= 15 is 0 Å². The van der Waals surface area contributed by atoms with Crippen molar-refractivity contribution in [2.45, 2.75) is 58.9 Å². The predicted octanol–water partition coefficient (Wildman–Crippen LogP) is 2.72. The minimum atomic E-state index is -0.764. The normalized spacial score (nSPS) is 28.0. The molecule has 204 valence electrons. The van der Waals surface area contributed by atoms with Crippen molar-refractivity contribution in [3.8, 4) is 5.82 Å². The Balaban J connectivity index is 1.36. The van der Waals surface area contributed by atoms with Crippen LogP contribution >= 0.6 is 0 Å². The number of nitrogens with two attached hydrogens (primary N) is 1. The quantitative estimate of drug-likeness (QED) is 0.461. The highest BCUT2D eigenvalue weighted by molar-refractivity contribution is 5.97. The molecule has 4 saturated carbocycles. The molecule has 4 aliphatic rings. The van der Waals surface area contributed by atoms with E-state index in [0.717, 1.165) is 32.1 Å². The first-order chi connectivity index (χ1) is 18.1. The molecule has 2 aromatic heterocycles. The average molecular weight is 524 g/mol. The van der Waals surface area contributed by atoms with E-state index in [-0.39, 0.29) is 23.3 Å². The van der Waals surface area contributed by atoms with Crippen LogP contribution in [0.1, 0.15) is 63.2 Å². The molecular weight excluding hydrogens is 486 g/mol. The van der Waals surface area contributed by atoms with Gasteiger partial charge in [-0.05, 0) is 76.7 Å². The van der Waals surface area contributed by atoms with E-state index in [1.54, 1.807) is 46.3 Å². The molecule has 11 heteroatoms. The van der Waals surface area contributed by atoms with Crippen molar-refractivity contribution in [3.05, 3.63) is 36.3 Å². The first-order valence-corrected chi connectivity index (χ1v) is 13.4. The Labute approximate surface area is 222 Å². The van der Waals surface area contributed by atoms with Gasteiger partial charge in [0.25, 0.3) is 5.91 Å². The van der Waals surface area contributed by atoms with Crippen molar-refractivity contribution in [1.82, 2.24) is 30.2 Å². The number of primary amides is 1. The number of nitrogens with zero attached hydrogens (tertiary/aromatic N) is 4. The highest BCUT2D eigenvalue weighted by atomic mass is 16.5. The fourth-order valence-corrected chi connectivity index (χ4v) is 7.03. The monoisotopic (exact) mass is 523 g/mol. The summed E-state index contributed by atoms with van der Waals surface area (Å²) in [5.41, 5.74) is 4.87. The van der Waals surface area contributed by atoms with Crippen molar-refractivity contribution in [3.63, 3.8) is 0 Å². The average Bonchev–Trinajstić information content (AvgIpc) is 3.53. The van der Waals surface area contributed by atoms with E-state index in [1.807, 2.05) is 20.8 Å². The second-order valence-electron chi connectivity index (χ2n) is 11.8. The molecule has 2 unspecified atom stereocenters. The van der Waals surface area contributed by atoms with E-state index < -0.39 is 11.5 Å². The van der Waals surface area contributed by atoms with Crippen LogP contribution in [0.25, 0.3) is 12.0 Å². The summed E-state index contributed by atoms with van der Waals surface area (Å²) < 4.78 is 8.44. The highest BCUT2D eigenvalue weighted by Crippen LogP contribution is 2.60. The maximum absolute atomic E-state index is 13.7. The lowest BCUT2D eigenvalue weighted by Gasteiger charge is -2.59. The third-order valence-electron chi connectivity index (χ3n) is 8.51. The summed E-state index contributed by atoms with van der Waals surface area (Å²) in [5, 5.41) is 15.0. The topological polar surface area (TPSA) is 146 Å². The van der Waals surface area contributed by atoms with Crippen LogP contribution in [0, 0.1) is 28.6 Å². The van der Waals surface area contributed by atoms with Gasteiger partial charge in [-0.3, -0.25) is 9.59 Å². The van der Waals surface area contributed by atoms with Gasteiger partial charge in [-0.15, -0.1) is 0 Å². The Bertz CT molecular complexity index is 1220. The standard InChI is InChI=1S/C27H37N7O4/c1-4-29-24(36)26(2,3)6-9-34-23(33-8-5-7-30-33)20(15-31-34)22(35)32-21-18-10-17-11-19(21)14-27(12-17,13-18)16-38-25(28)37/h5-9,15,17-19,21H,4,10-14,16H2,1-3H3,(H2,28,37)(H,29,36)(H,32,35). The predicted molar refractivity (Wildman–Crippen MR) is 140 cm³/mol. The van der Waals surface area contributed by atoms with Crippen LogP contribution < -0.4 is 16.4 Å². The number of nitrogens with one attached hydrogen (secondary N) is 2. The fraction of sp³-hybridized carbons (Fsp3) is 0.593. The van der Waals surface area contributed by atoms with Crippen molar-refractivity contribution in [1.29, 1.82) is 0 Å².